The van der Waals surface area contributed by atoms with Crippen LogP contribution in [0.3, 0.4) is 0 Å². The fourth-order valence-corrected chi connectivity index (χ4v) is 1.09. The van der Waals surface area contributed by atoms with E-state index < -0.39 is 0 Å². The molecule has 0 bridgehead atoms. The van der Waals surface area contributed by atoms with Gasteiger partial charge >= 0.3 is 0 Å². The maximum Gasteiger partial charge on any atom is 0.139 e. The van der Waals surface area contributed by atoms with E-state index in [1.807, 2.05) is 13.0 Å². The lowest BCUT2D eigenvalue weighted by molar-refractivity contribution is 0.986. The van der Waals surface area contributed by atoms with E-state index >= 15 is 0 Å². The molecule has 2 aromatic heterocycles. The summed E-state index contributed by atoms with van der Waals surface area (Å²) < 4.78 is 1.73. The SMILES string of the molecule is Cc1cc(-n2cnnc2)ncc1Cl. The van der Waals surface area contributed by atoms with Crippen LogP contribution in [-0.4, -0.2) is 19.7 Å². The average molecular weight is 195 g/mol. The molecule has 0 radical (unpaired) electrons. The Morgan fingerprint density at radius 2 is 2.00 bits per heavy atom. The molecule has 0 aliphatic heterocycles. The van der Waals surface area contributed by atoms with Crippen LogP contribution in [0.2, 0.25) is 5.02 Å². The lowest BCUT2D eigenvalue weighted by Gasteiger charge is -2.01. The van der Waals surface area contributed by atoms with Gasteiger partial charge in [-0.1, -0.05) is 11.6 Å². The van der Waals surface area contributed by atoms with Crippen molar-refractivity contribution < 1.29 is 0 Å². The smallest absolute Gasteiger partial charge is 0.139 e. The minimum atomic E-state index is 0.664. The predicted octanol–water partition coefficient (Wildman–Crippen LogP) is 1.62. The van der Waals surface area contributed by atoms with Crippen LogP contribution in [0, 0.1) is 6.92 Å². The van der Waals surface area contributed by atoms with E-state index in [0.29, 0.717) is 5.02 Å². The Bertz CT molecular complexity index is 410. The molecule has 0 spiro atoms. The van der Waals surface area contributed by atoms with E-state index in [9.17, 15) is 0 Å². The van der Waals surface area contributed by atoms with Gasteiger partial charge in [0.1, 0.15) is 18.5 Å². The highest BCUT2D eigenvalue weighted by atomic mass is 35.5. The second-order valence-electron chi connectivity index (χ2n) is 2.66. The number of pyridine rings is 1. The summed E-state index contributed by atoms with van der Waals surface area (Å²) >= 11 is 5.84. The molecule has 0 aromatic carbocycles. The number of halogens is 1. The molecule has 2 aromatic rings. The summed E-state index contributed by atoms with van der Waals surface area (Å²) in [5, 5.41) is 8.04. The standard InChI is InChI=1S/C8H7ClN4/c1-6-2-8(10-3-7(6)9)13-4-11-12-5-13/h2-5H,1H3. The van der Waals surface area contributed by atoms with Gasteiger partial charge in [0.2, 0.25) is 0 Å². The van der Waals surface area contributed by atoms with E-state index in [1.165, 1.54) is 0 Å². The third-order valence-corrected chi connectivity index (χ3v) is 2.11. The van der Waals surface area contributed by atoms with Gasteiger partial charge in [0.25, 0.3) is 0 Å². The highest BCUT2D eigenvalue weighted by Crippen LogP contribution is 2.15. The summed E-state index contributed by atoms with van der Waals surface area (Å²) in [6.45, 7) is 1.93. The van der Waals surface area contributed by atoms with Crippen molar-refractivity contribution in [1.29, 1.82) is 0 Å². The number of hydrogen-bond acceptors (Lipinski definition) is 3. The van der Waals surface area contributed by atoms with Gasteiger partial charge in [-0.15, -0.1) is 10.2 Å². The Balaban J connectivity index is 2.49. The van der Waals surface area contributed by atoms with Gasteiger partial charge in [-0.2, -0.15) is 0 Å². The Labute approximate surface area is 80.2 Å². The normalized spacial score (nSPS) is 10.3. The summed E-state index contributed by atoms with van der Waals surface area (Å²) in [4.78, 5) is 4.13. The highest BCUT2D eigenvalue weighted by molar-refractivity contribution is 6.31. The lowest BCUT2D eigenvalue weighted by atomic mass is 10.3. The fraction of sp³-hybridized carbons (Fsp3) is 0.125. The van der Waals surface area contributed by atoms with Crippen molar-refractivity contribution in [2.45, 2.75) is 6.92 Å². The van der Waals surface area contributed by atoms with Crippen molar-refractivity contribution in [1.82, 2.24) is 19.7 Å². The number of aryl methyl sites for hydroxylation is 1. The largest absolute Gasteiger partial charge is 0.272 e. The molecule has 5 heteroatoms. The molecule has 0 aliphatic rings. The first-order chi connectivity index (χ1) is 6.27. The van der Waals surface area contributed by atoms with E-state index in [2.05, 4.69) is 15.2 Å². The van der Waals surface area contributed by atoms with Crippen LogP contribution >= 0.6 is 11.6 Å². The summed E-state index contributed by atoms with van der Waals surface area (Å²) in [5.74, 6) is 0.770. The summed E-state index contributed by atoms with van der Waals surface area (Å²) in [6.07, 6.45) is 4.80. The van der Waals surface area contributed by atoms with Crippen LogP contribution in [-0.2, 0) is 0 Å². The predicted molar refractivity (Wildman–Crippen MR) is 48.9 cm³/mol. The van der Waals surface area contributed by atoms with Crippen molar-refractivity contribution in [2.75, 3.05) is 0 Å². The lowest BCUT2D eigenvalue weighted by Crippen LogP contribution is -1.94. The number of nitrogens with zero attached hydrogens (tertiary/aromatic N) is 4. The van der Waals surface area contributed by atoms with Crippen LogP contribution in [0.5, 0.6) is 0 Å². The van der Waals surface area contributed by atoms with Crippen LogP contribution < -0.4 is 0 Å². The molecule has 0 saturated carbocycles. The minimum Gasteiger partial charge on any atom is -0.272 e. The quantitative estimate of drug-likeness (QED) is 0.693. The van der Waals surface area contributed by atoms with E-state index in [4.69, 9.17) is 11.6 Å². The van der Waals surface area contributed by atoms with Crippen LogP contribution in [0.1, 0.15) is 5.56 Å². The second kappa shape index (κ2) is 3.14. The van der Waals surface area contributed by atoms with Crippen molar-refractivity contribution in [3.63, 3.8) is 0 Å². The van der Waals surface area contributed by atoms with Gasteiger partial charge < -0.3 is 0 Å². The molecular weight excluding hydrogens is 188 g/mol. The summed E-state index contributed by atoms with van der Waals surface area (Å²) in [6, 6.07) is 1.88. The third-order valence-electron chi connectivity index (χ3n) is 1.72. The van der Waals surface area contributed by atoms with E-state index in [0.717, 1.165) is 11.4 Å². The van der Waals surface area contributed by atoms with Gasteiger partial charge in [-0.25, -0.2) is 4.98 Å². The number of rotatable bonds is 1. The molecule has 2 rings (SSSR count). The van der Waals surface area contributed by atoms with Crippen LogP contribution in [0.15, 0.2) is 24.9 Å². The van der Waals surface area contributed by atoms with Crippen molar-refractivity contribution in [3.05, 3.63) is 35.5 Å². The zero-order chi connectivity index (χ0) is 9.26. The third kappa shape index (κ3) is 1.53. The van der Waals surface area contributed by atoms with Crippen molar-refractivity contribution in [2.24, 2.45) is 0 Å². The molecule has 4 nitrogen and oxygen atoms in total. The van der Waals surface area contributed by atoms with Crippen LogP contribution in [0.25, 0.3) is 5.82 Å². The fourth-order valence-electron chi connectivity index (χ4n) is 0.985. The van der Waals surface area contributed by atoms with Crippen LogP contribution in [0.4, 0.5) is 0 Å². The van der Waals surface area contributed by atoms with Crippen molar-refractivity contribution >= 4 is 11.6 Å². The van der Waals surface area contributed by atoms with Gasteiger partial charge in [-0.05, 0) is 18.6 Å². The van der Waals surface area contributed by atoms with E-state index in [-0.39, 0.29) is 0 Å². The Morgan fingerprint density at radius 1 is 1.31 bits per heavy atom. The molecule has 0 aliphatic carbocycles. The maximum absolute atomic E-state index is 5.84. The van der Waals surface area contributed by atoms with Gasteiger partial charge in [0, 0.05) is 6.20 Å². The molecule has 0 N–H and O–H groups in total. The molecule has 0 amide bonds. The Hall–Kier alpha value is -1.42. The first-order valence-corrected chi connectivity index (χ1v) is 4.12. The van der Waals surface area contributed by atoms with Gasteiger partial charge in [-0.3, -0.25) is 4.57 Å². The molecule has 13 heavy (non-hydrogen) atoms. The number of aromatic nitrogens is 4. The highest BCUT2D eigenvalue weighted by Gasteiger charge is 2.00. The molecule has 0 atom stereocenters. The zero-order valence-electron chi connectivity index (χ0n) is 6.98. The van der Waals surface area contributed by atoms with Gasteiger partial charge in [0.05, 0.1) is 5.02 Å². The zero-order valence-corrected chi connectivity index (χ0v) is 7.73. The molecule has 66 valence electrons. The number of hydrogen-bond donors (Lipinski definition) is 0. The first-order valence-electron chi connectivity index (χ1n) is 3.74. The average Bonchev–Trinajstić information content (AvgIpc) is 2.62. The maximum atomic E-state index is 5.84. The van der Waals surface area contributed by atoms with Crippen molar-refractivity contribution in [3.8, 4) is 5.82 Å². The summed E-state index contributed by atoms with van der Waals surface area (Å²) in [5.41, 5.74) is 0.986. The molecular formula is C8H7ClN4. The molecule has 0 fully saturated rings. The van der Waals surface area contributed by atoms with E-state index in [1.54, 1.807) is 23.4 Å². The monoisotopic (exact) mass is 194 g/mol. The summed E-state index contributed by atoms with van der Waals surface area (Å²) in [7, 11) is 0. The first kappa shape index (κ1) is 8.19. The molecule has 0 unspecified atom stereocenters. The Kier molecular flexibility index (Phi) is 1.98. The molecule has 0 saturated heterocycles. The minimum absolute atomic E-state index is 0.664. The second-order valence-corrected chi connectivity index (χ2v) is 3.07. The topological polar surface area (TPSA) is 43.6 Å². The molecule has 2 heterocycles. The van der Waals surface area contributed by atoms with Gasteiger partial charge in [0.15, 0.2) is 0 Å². The Morgan fingerprint density at radius 3 is 2.62 bits per heavy atom.